The molecule has 0 N–H and O–H groups in total. The van der Waals surface area contributed by atoms with Crippen molar-refractivity contribution in [1.29, 1.82) is 0 Å². The molecule has 0 radical (unpaired) electrons. The van der Waals surface area contributed by atoms with Gasteiger partial charge in [-0.2, -0.15) is 9.50 Å². The standard InChI is InChI=1S/C22H21N5O4/c1-14-5-4-6-15(7-14)26(10-17-11-30-13-31-17)22-24-21-20-18(23-12-27(21)25-22)8-16(28-2)9-19(20)29-3/h4-9,11-12H,10,13H2,1-3H3. The highest BCUT2D eigenvalue weighted by molar-refractivity contribution is 5.97. The number of nitrogens with zero attached hydrogens (tertiary/aromatic N) is 5. The predicted molar refractivity (Wildman–Crippen MR) is 115 cm³/mol. The van der Waals surface area contributed by atoms with Gasteiger partial charge in [-0.25, -0.2) is 4.98 Å². The Balaban J connectivity index is 1.68. The molecule has 5 rings (SSSR count). The summed E-state index contributed by atoms with van der Waals surface area (Å²) in [4.78, 5) is 11.3. The second-order valence-corrected chi connectivity index (χ2v) is 7.09. The molecule has 9 nitrogen and oxygen atoms in total. The van der Waals surface area contributed by atoms with Gasteiger partial charge in [-0.1, -0.05) is 12.1 Å². The number of anilines is 2. The van der Waals surface area contributed by atoms with Gasteiger partial charge < -0.3 is 23.8 Å². The van der Waals surface area contributed by atoms with Crippen molar-refractivity contribution in [3.8, 4) is 11.5 Å². The van der Waals surface area contributed by atoms with Gasteiger partial charge in [0.15, 0.2) is 11.4 Å². The molecule has 1 aliphatic rings. The molecule has 0 amide bonds. The molecular weight excluding hydrogens is 398 g/mol. The fraction of sp³-hybridized carbons (Fsp3) is 0.227. The number of aromatic nitrogens is 4. The van der Waals surface area contributed by atoms with Gasteiger partial charge in [-0.3, -0.25) is 0 Å². The number of methoxy groups -OCH3 is 2. The molecule has 0 atom stereocenters. The average molecular weight is 419 g/mol. The first-order valence-corrected chi connectivity index (χ1v) is 9.71. The van der Waals surface area contributed by atoms with Crippen molar-refractivity contribution in [2.45, 2.75) is 6.92 Å². The Morgan fingerprint density at radius 2 is 2.06 bits per heavy atom. The highest BCUT2D eigenvalue weighted by Gasteiger charge is 2.22. The second-order valence-electron chi connectivity index (χ2n) is 7.09. The van der Waals surface area contributed by atoms with Crippen LogP contribution in [-0.4, -0.2) is 47.1 Å². The first-order chi connectivity index (χ1) is 15.2. The highest BCUT2D eigenvalue weighted by atomic mass is 16.7. The maximum Gasteiger partial charge on any atom is 0.250 e. The summed E-state index contributed by atoms with van der Waals surface area (Å²) >= 11 is 0. The van der Waals surface area contributed by atoms with Gasteiger partial charge in [0.25, 0.3) is 5.95 Å². The molecule has 0 unspecified atom stereocenters. The van der Waals surface area contributed by atoms with E-state index in [4.69, 9.17) is 23.9 Å². The third kappa shape index (κ3) is 3.43. The number of hydrogen-bond acceptors (Lipinski definition) is 8. The normalized spacial score (nSPS) is 13.1. The summed E-state index contributed by atoms with van der Waals surface area (Å²) in [7, 11) is 3.22. The Kier molecular flexibility index (Phi) is 4.70. The second kappa shape index (κ2) is 7.67. The zero-order valence-electron chi connectivity index (χ0n) is 17.4. The monoisotopic (exact) mass is 419 g/mol. The van der Waals surface area contributed by atoms with Crippen molar-refractivity contribution >= 4 is 28.2 Å². The van der Waals surface area contributed by atoms with E-state index in [1.807, 2.05) is 42.2 Å². The molecule has 0 aliphatic carbocycles. The third-order valence-corrected chi connectivity index (χ3v) is 5.06. The van der Waals surface area contributed by atoms with Crippen molar-refractivity contribution in [1.82, 2.24) is 19.6 Å². The lowest BCUT2D eigenvalue weighted by molar-refractivity contribution is 0.0800. The number of ether oxygens (including phenoxy) is 4. The largest absolute Gasteiger partial charge is 0.497 e. The van der Waals surface area contributed by atoms with Crippen LogP contribution >= 0.6 is 0 Å². The Bertz CT molecular complexity index is 1300. The van der Waals surface area contributed by atoms with E-state index in [2.05, 4.69) is 16.1 Å². The highest BCUT2D eigenvalue weighted by Crippen LogP contribution is 2.34. The third-order valence-electron chi connectivity index (χ3n) is 5.06. The Morgan fingerprint density at radius 3 is 2.81 bits per heavy atom. The van der Waals surface area contributed by atoms with Crippen molar-refractivity contribution in [3.63, 3.8) is 0 Å². The minimum atomic E-state index is 0.211. The molecule has 0 spiro atoms. The first kappa shape index (κ1) is 19.0. The zero-order chi connectivity index (χ0) is 21.4. The SMILES string of the molecule is COc1cc(OC)c2c(c1)ncn1nc(N(CC3=COCO3)c3cccc(C)c3)nc21. The lowest BCUT2D eigenvalue weighted by Gasteiger charge is -2.21. The van der Waals surface area contributed by atoms with Gasteiger partial charge in [0.05, 0.1) is 31.7 Å². The van der Waals surface area contributed by atoms with Crippen molar-refractivity contribution < 1.29 is 18.9 Å². The summed E-state index contributed by atoms with van der Waals surface area (Å²) < 4.78 is 23.4. The molecule has 9 heteroatoms. The van der Waals surface area contributed by atoms with E-state index in [-0.39, 0.29) is 6.79 Å². The zero-order valence-corrected chi connectivity index (χ0v) is 17.4. The summed E-state index contributed by atoms with van der Waals surface area (Å²) in [6.07, 6.45) is 3.25. The number of hydrogen-bond donors (Lipinski definition) is 0. The molecule has 4 aromatic rings. The maximum absolute atomic E-state index is 5.60. The number of fused-ring (bicyclic) bond motifs is 3. The lowest BCUT2D eigenvalue weighted by atomic mass is 10.2. The summed E-state index contributed by atoms with van der Waals surface area (Å²) in [6.45, 7) is 2.68. The van der Waals surface area contributed by atoms with Crippen molar-refractivity contribution in [2.24, 2.45) is 0 Å². The average Bonchev–Trinajstić information content (AvgIpc) is 3.46. The lowest BCUT2D eigenvalue weighted by Crippen LogP contribution is -2.21. The molecule has 2 aromatic heterocycles. The van der Waals surface area contributed by atoms with Crippen LogP contribution in [-0.2, 0) is 9.47 Å². The fourth-order valence-corrected chi connectivity index (χ4v) is 3.56. The van der Waals surface area contributed by atoms with Gasteiger partial charge in [-0.15, -0.1) is 5.10 Å². The Labute approximate surface area is 178 Å². The Morgan fingerprint density at radius 1 is 1.16 bits per heavy atom. The van der Waals surface area contributed by atoms with E-state index < -0.39 is 0 Å². The van der Waals surface area contributed by atoms with Gasteiger partial charge >= 0.3 is 0 Å². The predicted octanol–water partition coefficient (Wildman–Crippen LogP) is 3.59. The van der Waals surface area contributed by atoms with Crippen LogP contribution in [0.5, 0.6) is 11.5 Å². The minimum Gasteiger partial charge on any atom is -0.497 e. The van der Waals surface area contributed by atoms with Gasteiger partial charge in [0.1, 0.15) is 24.1 Å². The smallest absolute Gasteiger partial charge is 0.250 e. The molecule has 0 fully saturated rings. The first-order valence-electron chi connectivity index (χ1n) is 9.71. The summed E-state index contributed by atoms with van der Waals surface area (Å²) in [5, 5.41) is 5.45. The summed E-state index contributed by atoms with van der Waals surface area (Å²) in [5.74, 6) is 2.48. The van der Waals surface area contributed by atoms with E-state index in [0.717, 1.165) is 16.6 Å². The van der Waals surface area contributed by atoms with Crippen LogP contribution in [0.4, 0.5) is 11.6 Å². The molecule has 0 saturated carbocycles. The van der Waals surface area contributed by atoms with Crippen LogP contribution in [0.3, 0.4) is 0 Å². The van der Waals surface area contributed by atoms with E-state index >= 15 is 0 Å². The molecule has 1 aliphatic heterocycles. The molecular formula is C22H21N5O4. The Hall–Kier alpha value is -4.01. The van der Waals surface area contributed by atoms with Crippen LogP contribution in [0.1, 0.15) is 5.56 Å². The molecule has 3 heterocycles. The molecule has 0 saturated heterocycles. The van der Waals surface area contributed by atoms with E-state index in [1.54, 1.807) is 31.3 Å². The van der Waals surface area contributed by atoms with Crippen molar-refractivity contribution in [3.05, 3.63) is 60.3 Å². The molecule has 158 valence electrons. The van der Waals surface area contributed by atoms with Crippen LogP contribution in [0, 0.1) is 6.92 Å². The van der Waals surface area contributed by atoms with E-state index in [1.165, 1.54) is 0 Å². The number of aryl methyl sites for hydroxylation is 1. The fourth-order valence-electron chi connectivity index (χ4n) is 3.56. The summed E-state index contributed by atoms with van der Waals surface area (Å²) in [5.41, 5.74) is 3.41. The van der Waals surface area contributed by atoms with Gasteiger partial charge in [0, 0.05) is 17.8 Å². The minimum absolute atomic E-state index is 0.211. The maximum atomic E-state index is 5.60. The van der Waals surface area contributed by atoms with E-state index in [9.17, 15) is 0 Å². The van der Waals surface area contributed by atoms with Crippen LogP contribution in [0.25, 0.3) is 16.6 Å². The van der Waals surface area contributed by atoms with Gasteiger partial charge in [0.2, 0.25) is 6.79 Å². The molecule has 31 heavy (non-hydrogen) atoms. The van der Waals surface area contributed by atoms with Gasteiger partial charge in [-0.05, 0) is 24.6 Å². The van der Waals surface area contributed by atoms with Crippen LogP contribution < -0.4 is 14.4 Å². The van der Waals surface area contributed by atoms with Crippen LogP contribution in [0.15, 0.2) is 54.7 Å². The number of benzene rings is 2. The van der Waals surface area contributed by atoms with Crippen molar-refractivity contribution in [2.75, 3.05) is 32.5 Å². The molecule has 0 bridgehead atoms. The van der Waals surface area contributed by atoms with E-state index in [0.29, 0.717) is 40.9 Å². The topological polar surface area (TPSA) is 83.2 Å². The number of rotatable bonds is 6. The quantitative estimate of drug-likeness (QED) is 0.469. The summed E-state index contributed by atoms with van der Waals surface area (Å²) in [6, 6.07) is 11.8. The molecule has 2 aromatic carbocycles. The van der Waals surface area contributed by atoms with Crippen LogP contribution in [0.2, 0.25) is 0 Å².